The van der Waals surface area contributed by atoms with Gasteiger partial charge in [0.25, 0.3) is 0 Å². The number of aliphatic hydroxyl groups excluding tert-OH is 1. The number of carbonyl (C=O) groups excluding carboxylic acids is 1. The van der Waals surface area contributed by atoms with Gasteiger partial charge in [-0.05, 0) is 56.9 Å². The van der Waals surface area contributed by atoms with Gasteiger partial charge in [-0.15, -0.1) is 0 Å². The van der Waals surface area contributed by atoms with E-state index in [9.17, 15) is 19.8 Å². The fourth-order valence-electron chi connectivity index (χ4n) is 7.39. The van der Waals surface area contributed by atoms with Crippen LogP contribution in [0.15, 0.2) is 11.6 Å². The van der Waals surface area contributed by atoms with Gasteiger partial charge in [0.15, 0.2) is 5.78 Å². The van der Waals surface area contributed by atoms with Gasteiger partial charge in [-0.1, -0.05) is 19.4 Å². The first-order chi connectivity index (χ1) is 13.0. The second-order valence-electron chi connectivity index (χ2n) is 10.1. The maximum atomic E-state index is 16.9. The molecular formula is C22H31FO5. The van der Waals surface area contributed by atoms with Gasteiger partial charge in [0.2, 0.25) is 0 Å². The molecule has 0 unspecified atom stereocenters. The van der Waals surface area contributed by atoms with Crippen molar-refractivity contribution in [2.24, 2.45) is 22.7 Å². The van der Waals surface area contributed by atoms with Crippen LogP contribution in [0.5, 0.6) is 0 Å². The third-order valence-corrected chi connectivity index (χ3v) is 9.12. The summed E-state index contributed by atoms with van der Waals surface area (Å²) in [4.78, 5) is 23.0. The minimum atomic E-state index is -1.82. The zero-order valence-electron chi connectivity index (χ0n) is 16.7. The molecular weight excluding hydrogens is 363 g/mol. The number of fused-ring (bicyclic) bond motifs is 5. The molecule has 0 spiro atoms. The monoisotopic (exact) mass is 394 g/mol. The molecule has 3 fully saturated rings. The van der Waals surface area contributed by atoms with Crippen LogP contribution < -0.4 is 0 Å². The predicted molar refractivity (Wildman–Crippen MR) is 100 cm³/mol. The zero-order valence-corrected chi connectivity index (χ0v) is 16.7. The van der Waals surface area contributed by atoms with E-state index >= 15 is 4.39 Å². The van der Waals surface area contributed by atoms with E-state index in [1.165, 1.54) is 0 Å². The highest BCUT2D eigenvalue weighted by molar-refractivity contribution is 5.91. The molecule has 0 radical (unpaired) electrons. The van der Waals surface area contributed by atoms with Crippen LogP contribution >= 0.6 is 0 Å². The largest absolute Gasteiger partial charge is 0.481 e. The summed E-state index contributed by atoms with van der Waals surface area (Å²) in [5.74, 6) is -1.41. The van der Waals surface area contributed by atoms with Crippen LogP contribution in [0.4, 0.5) is 4.39 Å². The van der Waals surface area contributed by atoms with Gasteiger partial charge in [-0.2, -0.15) is 0 Å². The fourth-order valence-corrected chi connectivity index (χ4v) is 7.39. The number of carboxylic acids is 1. The molecule has 0 aromatic heterocycles. The van der Waals surface area contributed by atoms with E-state index in [2.05, 4.69) is 0 Å². The van der Waals surface area contributed by atoms with E-state index < -0.39 is 40.1 Å². The molecule has 28 heavy (non-hydrogen) atoms. The van der Waals surface area contributed by atoms with Crippen LogP contribution in [0.2, 0.25) is 0 Å². The number of ketones is 1. The number of aliphatic hydroxyl groups is 2. The van der Waals surface area contributed by atoms with Gasteiger partial charge >= 0.3 is 5.97 Å². The summed E-state index contributed by atoms with van der Waals surface area (Å²) in [7, 11) is 0. The Morgan fingerprint density at radius 3 is 2.61 bits per heavy atom. The number of rotatable bonds is 3. The zero-order chi connectivity index (χ0) is 20.5. The van der Waals surface area contributed by atoms with Crippen molar-refractivity contribution < 1.29 is 29.3 Å². The molecule has 4 aliphatic rings. The van der Waals surface area contributed by atoms with Gasteiger partial charge in [0.1, 0.15) is 5.67 Å². The quantitative estimate of drug-likeness (QED) is 0.683. The minimum Gasteiger partial charge on any atom is -0.481 e. The number of allylic oxidation sites excluding steroid dienone is 1. The Morgan fingerprint density at radius 1 is 1.21 bits per heavy atom. The van der Waals surface area contributed by atoms with Crippen molar-refractivity contribution >= 4 is 11.8 Å². The number of halogens is 1. The topological polar surface area (TPSA) is 94.8 Å². The van der Waals surface area contributed by atoms with Crippen molar-refractivity contribution in [2.75, 3.05) is 0 Å². The molecule has 3 saturated carbocycles. The lowest BCUT2D eigenvalue weighted by Crippen LogP contribution is -2.68. The molecule has 7 atom stereocenters. The Hall–Kier alpha value is -1.27. The van der Waals surface area contributed by atoms with Gasteiger partial charge in [0.05, 0.1) is 11.7 Å². The number of hydrogen-bond acceptors (Lipinski definition) is 4. The van der Waals surface area contributed by atoms with Crippen molar-refractivity contribution in [1.82, 2.24) is 0 Å². The Bertz CT molecular complexity index is 749. The molecule has 0 aromatic carbocycles. The molecule has 0 heterocycles. The van der Waals surface area contributed by atoms with Gasteiger partial charge in [-0.25, -0.2) is 4.39 Å². The summed E-state index contributed by atoms with van der Waals surface area (Å²) < 4.78 is 16.9. The number of hydrogen-bond donors (Lipinski definition) is 3. The van der Waals surface area contributed by atoms with Crippen LogP contribution in [0.3, 0.4) is 0 Å². The highest BCUT2D eigenvalue weighted by Gasteiger charge is 2.73. The lowest BCUT2D eigenvalue weighted by atomic mass is 9.44. The molecule has 6 heteroatoms. The normalized spacial score (nSPS) is 50.4. The van der Waals surface area contributed by atoms with E-state index in [0.29, 0.717) is 38.5 Å². The number of carbonyl (C=O) groups is 2. The summed E-state index contributed by atoms with van der Waals surface area (Å²) in [5.41, 5.74) is -3.75. The van der Waals surface area contributed by atoms with Crippen molar-refractivity contribution in [1.29, 1.82) is 0 Å². The molecule has 5 nitrogen and oxygen atoms in total. The first-order valence-corrected chi connectivity index (χ1v) is 10.5. The third-order valence-electron chi connectivity index (χ3n) is 9.12. The van der Waals surface area contributed by atoms with Crippen LogP contribution in [0, 0.1) is 22.7 Å². The smallest absolute Gasteiger partial charge is 0.303 e. The van der Waals surface area contributed by atoms with E-state index in [1.807, 2.05) is 13.8 Å². The fraction of sp³-hybridized carbons (Fsp3) is 0.818. The first-order valence-electron chi connectivity index (χ1n) is 10.5. The molecule has 0 aliphatic heterocycles. The summed E-state index contributed by atoms with van der Waals surface area (Å²) in [6.45, 7) is 3.77. The van der Waals surface area contributed by atoms with Gasteiger partial charge in [0, 0.05) is 29.6 Å². The average Bonchev–Trinajstić information content (AvgIpc) is 2.87. The number of carboxylic acid groups (broad SMARTS) is 1. The van der Waals surface area contributed by atoms with Crippen molar-refractivity contribution in [3.63, 3.8) is 0 Å². The number of alkyl halides is 1. The standard InChI is InChI=1S/C22H31FO5/c1-19-8-5-14(24)11-13(19)3-4-16-15-6-9-21(28,10-7-18(26)27)20(15,2)12-17(25)22(16,19)23/h11,15-17,25,28H,3-10,12H2,1-2H3,(H,26,27)/t15-,16-,17-,19-,20-,21-,22-/m0/s1. The van der Waals surface area contributed by atoms with Crippen molar-refractivity contribution in [2.45, 2.75) is 89.0 Å². The first kappa shape index (κ1) is 20.0. The SMILES string of the molecule is C[C@]12CCC(=O)C=C1CC[C@H]1[C@@H]3CC[C@](O)(CCC(=O)O)[C@@]3(C)C[C@H](O)[C@@]12F. The molecule has 0 amide bonds. The molecule has 156 valence electrons. The summed E-state index contributed by atoms with van der Waals surface area (Å²) in [6.07, 6.45) is 3.47. The minimum absolute atomic E-state index is 0.0357. The molecule has 3 N–H and O–H groups in total. The maximum Gasteiger partial charge on any atom is 0.303 e. The molecule has 0 aromatic rings. The maximum absolute atomic E-state index is 16.9. The Morgan fingerprint density at radius 2 is 1.93 bits per heavy atom. The Kier molecular flexibility index (Phi) is 4.37. The number of aliphatic carboxylic acids is 1. The van der Waals surface area contributed by atoms with Crippen LogP contribution in [-0.4, -0.2) is 44.4 Å². The molecule has 0 bridgehead atoms. The van der Waals surface area contributed by atoms with Crippen LogP contribution in [0.1, 0.15) is 71.6 Å². The van der Waals surface area contributed by atoms with E-state index in [4.69, 9.17) is 5.11 Å². The third kappa shape index (κ3) is 2.37. The highest BCUT2D eigenvalue weighted by atomic mass is 19.1. The predicted octanol–water partition coefficient (Wildman–Crippen LogP) is 3.18. The van der Waals surface area contributed by atoms with Crippen molar-refractivity contribution in [3.8, 4) is 0 Å². The summed E-state index contributed by atoms with van der Waals surface area (Å²) >= 11 is 0. The second-order valence-corrected chi connectivity index (χ2v) is 10.1. The summed E-state index contributed by atoms with van der Waals surface area (Å²) in [5, 5.41) is 31.6. The lowest BCUT2D eigenvalue weighted by Gasteiger charge is -2.63. The van der Waals surface area contributed by atoms with Crippen LogP contribution in [0.25, 0.3) is 0 Å². The molecule has 4 aliphatic carbocycles. The van der Waals surface area contributed by atoms with E-state index in [-0.39, 0.29) is 31.0 Å². The molecule has 0 saturated heterocycles. The van der Waals surface area contributed by atoms with Gasteiger partial charge in [-0.3, -0.25) is 9.59 Å². The Balaban J connectivity index is 1.72. The summed E-state index contributed by atoms with van der Waals surface area (Å²) in [6, 6.07) is 0. The van der Waals surface area contributed by atoms with Crippen molar-refractivity contribution in [3.05, 3.63) is 11.6 Å². The van der Waals surface area contributed by atoms with Gasteiger partial charge < -0.3 is 15.3 Å². The molecule has 4 rings (SSSR count). The second kappa shape index (κ2) is 6.11. The highest BCUT2D eigenvalue weighted by Crippen LogP contribution is 2.70. The van der Waals surface area contributed by atoms with Crippen LogP contribution in [-0.2, 0) is 9.59 Å². The lowest BCUT2D eigenvalue weighted by molar-refractivity contribution is -0.229. The average molecular weight is 394 g/mol. The van der Waals surface area contributed by atoms with E-state index in [0.717, 1.165) is 5.57 Å². The van der Waals surface area contributed by atoms with E-state index in [1.54, 1.807) is 6.08 Å². The Labute approximate surface area is 165 Å².